The third-order valence-corrected chi connectivity index (χ3v) is 2.88. The second kappa shape index (κ2) is 7.65. The topological polar surface area (TPSA) is 53.6 Å². The summed E-state index contributed by atoms with van der Waals surface area (Å²) in [5.74, 6) is 0.152. The van der Waals surface area contributed by atoms with E-state index in [4.69, 9.17) is 5.73 Å². The molecule has 0 bridgehead atoms. The van der Waals surface area contributed by atoms with Gasteiger partial charge >= 0.3 is 0 Å². The van der Waals surface area contributed by atoms with Gasteiger partial charge < -0.3 is 16.0 Å². The zero-order chi connectivity index (χ0) is 15.1. The molecule has 0 aromatic heterocycles. The van der Waals surface area contributed by atoms with Crippen LogP contribution < -0.4 is 11.1 Å². The van der Waals surface area contributed by atoms with Gasteiger partial charge in [0.25, 0.3) is 0 Å². The summed E-state index contributed by atoms with van der Waals surface area (Å²) in [7, 11) is 3.92. The molecule has 1 aromatic rings. The quantitative estimate of drug-likeness (QED) is 0.475. The number of aliphatic imine (C=N–C) groups is 1. The van der Waals surface area contributed by atoms with Crippen LogP contribution in [0, 0.1) is 5.82 Å². The monoisotopic (exact) mass is 278 g/mol. The van der Waals surface area contributed by atoms with Gasteiger partial charge in [0.05, 0.1) is 12.6 Å². The minimum absolute atomic E-state index is 0.0563. The molecule has 0 aliphatic heterocycles. The molecule has 0 saturated carbocycles. The number of likely N-dealkylation sites (N-methyl/N-ethyl adjacent to an activating group) is 1. The van der Waals surface area contributed by atoms with Crippen LogP contribution in [0.3, 0.4) is 0 Å². The molecule has 0 aliphatic carbocycles. The Hall–Kier alpha value is -1.88. The molecule has 0 heterocycles. The van der Waals surface area contributed by atoms with Crippen LogP contribution in [-0.2, 0) is 0 Å². The smallest absolute Gasteiger partial charge is 0.188 e. The predicted molar refractivity (Wildman–Crippen MR) is 82.1 cm³/mol. The Bertz CT molecular complexity index is 465. The largest absolute Gasteiger partial charge is 0.370 e. The van der Waals surface area contributed by atoms with E-state index < -0.39 is 0 Å². The van der Waals surface area contributed by atoms with Crippen molar-refractivity contribution in [1.29, 1.82) is 0 Å². The first-order valence-electron chi connectivity index (χ1n) is 6.50. The molecular weight excluding hydrogens is 255 g/mol. The molecule has 0 saturated heterocycles. The maximum Gasteiger partial charge on any atom is 0.188 e. The standard InChI is InChI=1S/C15H23FN4/c1-11(2)9-18-15(17)19-10-14(20(3)4)12-5-7-13(16)8-6-12/h5-8,14H,1,9-10H2,2-4H3,(H3,17,18,19). The molecule has 4 nitrogen and oxygen atoms in total. The molecule has 3 N–H and O–H groups in total. The van der Waals surface area contributed by atoms with Crippen LogP contribution in [0.15, 0.2) is 41.4 Å². The Morgan fingerprint density at radius 3 is 2.50 bits per heavy atom. The first-order valence-corrected chi connectivity index (χ1v) is 6.50. The number of nitrogens with one attached hydrogen (secondary N) is 1. The molecule has 0 amide bonds. The first-order chi connectivity index (χ1) is 9.40. The first kappa shape index (κ1) is 16.2. The third kappa shape index (κ3) is 5.40. The van der Waals surface area contributed by atoms with E-state index in [9.17, 15) is 4.39 Å². The van der Waals surface area contributed by atoms with E-state index in [-0.39, 0.29) is 11.9 Å². The average molecular weight is 278 g/mol. The Morgan fingerprint density at radius 2 is 2.00 bits per heavy atom. The molecule has 1 rings (SSSR count). The van der Waals surface area contributed by atoms with E-state index in [0.29, 0.717) is 19.0 Å². The number of benzene rings is 1. The molecule has 0 spiro atoms. The fourth-order valence-corrected chi connectivity index (χ4v) is 1.73. The fraction of sp³-hybridized carbons (Fsp3) is 0.400. The second-order valence-corrected chi connectivity index (χ2v) is 5.07. The van der Waals surface area contributed by atoms with Crippen molar-refractivity contribution >= 4 is 5.96 Å². The van der Waals surface area contributed by atoms with Gasteiger partial charge in [-0.3, -0.25) is 4.99 Å². The Balaban J connectivity index is 2.70. The molecule has 20 heavy (non-hydrogen) atoms. The summed E-state index contributed by atoms with van der Waals surface area (Å²) in [5, 5.41) is 2.99. The highest BCUT2D eigenvalue weighted by molar-refractivity contribution is 5.78. The van der Waals surface area contributed by atoms with E-state index >= 15 is 0 Å². The van der Waals surface area contributed by atoms with Gasteiger partial charge in [-0.05, 0) is 38.7 Å². The summed E-state index contributed by atoms with van der Waals surface area (Å²) in [6.45, 7) is 6.82. The number of hydrogen-bond donors (Lipinski definition) is 2. The van der Waals surface area contributed by atoms with Crippen molar-refractivity contribution < 1.29 is 4.39 Å². The molecule has 0 fully saturated rings. The normalized spacial score (nSPS) is 13.3. The summed E-state index contributed by atoms with van der Waals surface area (Å²) in [6.07, 6.45) is 0. The number of rotatable bonds is 6. The highest BCUT2D eigenvalue weighted by Crippen LogP contribution is 2.18. The van der Waals surface area contributed by atoms with Crippen LogP contribution in [0.5, 0.6) is 0 Å². The summed E-state index contributed by atoms with van der Waals surface area (Å²) in [6, 6.07) is 6.51. The van der Waals surface area contributed by atoms with Gasteiger partial charge in [-0.25, -0.2) is 4.39 Å². The van der Waals surface area contributed by atoms with Gasteiger partial charge in [0.15, 0.2) is 5.96 Å². The fourth-order valence-electron chi connectivity index (χ4n) is 1.73. The maximum absolute atomic E-state index is 13.0. The summed E-state index contributed by atoms with van der Waals surface area (Å²) < 4.78 is 13.0. The summed E-state index contributed by atoms with van der Waals surface area (Å²) >= 11 is 0. The zero-order valence-corrected chi connectivity index (χ0v) is 12.4. The van der Waals surface area contributed by atoms with Crippen molar-refractivity contribution in [3.63, 3.8) is 0 Å². The van der Waals surface area contributed by atoms with Gasteiger partial charge in [0.2, 0.25) is 0 Å². The lowest BCUT2D eigenvalue weighted by Crippen LogP contribution is -2.34. The number of guanidine groups is 1. The molecule has 5 heteroatoms. The highest BCUT2D eigenvalue weighted by atomic mass is 19.1. The SMILES string of the molecule is C=C(C)CNC(N)=NCC(c1ccc(F)cc1)N(C)C. The van der Waals surface area contributed by atoms with E-state index in [1.165, 1.54) is 12.1 Å². The highest BCUT2D eigenvalue weighted by Gasteiger charge is 2.13. The Labute approximate surface area is 120 Å². The van der Waals surface area contributed by atoms with Crippen molar-refractivity contribution in [1.82, 2.24) is 10.2 Å². The predicted octanol–water partition coefficient (Wildman–Crippen LogP) is 1.91. The Morgan fingerprint density at radius 1 is 1.40 bits per heavy atom. The number of halogens is 1. The van der Waals surface area contributed by atoms with Gasteiger partial charge in [0, 0.05) is 6.54 Å². The van der Waals surface area contributed by atoms with Crippen LogP contribution >= 0.6 is 0 Å². The minimum Gasteiger partial charge on any atom is -0.370 e. The van der Waals surface area contributed by atoms with Crippen LogP contribution in [0.4, 0.5) is 4.39 Å². The van der Waals surface area contributed by atoms with Gasteiger partial charge in [-0.2, -0.15) is 0 Å². The lowest BCUT2D eigenvalue weighted by atomic mass is 10.1. The van der Waals surface area contributed by atoms with Crippen LogP contribution in [-0.4, -0.2) is 38.0 Å². The molecule has 1 unspecified atom stereocenters. The van der Waals surface area contributed by atoms with Crippen molar-refractivity contribution in [2.45, 2.75) is 13.0 Å². The van der Waals surface area contributed by atoms with Crippen molar-refractivity contribution in [3.8, 4) is 0 Å². The van der Waals surface area contributed by atoms with E-state index in [1.54, 1.807) is 12.1 Å². The van der Waals surface area contributed by atoms with Gasteiger partial charge in [0.1, 0.15) is 5.82 Å². The average Bonchev–Trinajstić information content (AvgIpc) is 2.38. The molecule has 0 radical (unpaired) electrons. The van der Waals surface area contributed by atoms with Crippen molar-refractivity contribution in [2.75, 3.05) is 27.2 Å². The van der Waals surface area contributed by atoms with E-state index in [1.807, 2.05) is 25.9 Å². The molecule has 0 aliphatic rings. The zero-order valence-electron chi connectivity index (χ0n) is 12.4. The van der Waals surface area contributed by atoms with Gasteiger partial charge in [-0.15, -0.1) is 0 Å². The molecular formula is C15H23FN4. The van der Waals surface area contributed by atoms with Crippen molar-refractivity contribution in [3.05, 3.63) is 47.8 Å². The summed E-state index contributed by atoms with van der Waals surface area (Å²) in [5.41, 5.74) is 7.79. The molecule has 1 aromatic carbocycles. The van der Waals surface area contributed by atoms with Crippen LogP contribution in [0.2, 0.25) is 0 Å². The number of hydrogen-bond acceptors (Lipinski definition) is 2. The van der Waals surface area contributed by atoms with Crippen LogP contribution in [0.25, 0.3) is 0 Å². The number of nitrogens with zero attached hydrogens (tertiary/aromatic N) is 2. The third-order valence-electron chi connectivity index (χ3n) is 2.88. The van der Waals surface area contributed by atoms with Gasteiger partial charge in [-0.1, -0.05) is 24.3 Å². The van der Waals surface area contributed by atoms with E-state index in [0.717, 1.165) is 11.1 Å². The second-order valence-electron chi connectivity index (χ2n) is 5.07. The summed E-state index contributed by atoms with van der Waals surface area (Å²) in [4.78, 5) is 6.35. The molecule has 1 atom stereocenters. The van der Waals surface area contributed by atoms with Crippen LogP contribution in [0.1, 0.15) is 18.5 Å². The lowest BCUT2D eigenvalue weighted by molar-refractivity contribution is 0.306. The van der Waals surface area contributed by atoms with E-state index in [2.05, 4.69) is 16.9 Å². The van der Waals surface area contributed by atoms with Crippen molar-refractivity contribution in [2.24, 2.45) is 10.7 Å². The number of nitrogens with two attached hydrogens (primary N) is 1. The minimum atomic E-state index is -0.239. The lowest BCUT2D eigenvalue weighted by Gasteiger charge is -2.23. The maximum atomic E-state index is 13.0. The molecule has 110 valence electrons. The Kier molecular flexibility index (Phi) is 6.18.